The molecule has 1 fully saturated rings. The maximum absolute atomic E-state index is 13.0. The Labute approximate surface area is 146 Å². The van der Waals surface area contributed by atoms with Crippen molar-refractivity contribution in [1.82, 2.24) is 4.31 Å². The summed E-state index contributed by atoms with van der Waals surface area (Å²) in [6.07, 6.45) is 0. The normalized spacial score (nSPS) is 25.0. The van der Waals surface area contributed by atoms with Gasteiger partial charge in [0.2, 0.25) is 10.0 Å². The molecule has 3 atom stereocenters. The Bertz CT molecular complexity index is 843. The zero-order chi connectivity index (χ0) is 17.5. The van der Waals surface area contributed by atoms with Crippen molar-refractivity contribution in [3.8, 4) is 0 Å². The number of sulfonamides is 1. The summed E-state index contributed by atoms with van der Waals surface area (Å²) in [4.78, 5) is 0.542. The van der Waals surface area contributed by atoms with Gasteiger partial charge in [-0.1, -0.05) is 48.5 Å². The molecule has 1 heterocycles. The summed E-state index contributed by atoms with van der Waals surface area (Å²) >= 11 is 0. The molecule has 0 unspecified atom stereocenters. The van der Waals surface area contributed by atoms with E-state index in [9.17, 15) is 12.6 Å². The highest BCUT2D eigenvalue weighted by molar-refractivity contribution is 8.06. The quantitative estimate of drug-likeness (QED) is 0.841. The number of benzene rings is 2. The summed E-state index contributed by atoms with van der Waals surface area (Å²) in [7, 11) is -5.26. The number of hydrogen-bond donors (Lipinski definition) is 0. The third-order valence-corrected chi connectivity index (χ3v) is 8.91. The van der Waals surface area contributed by atoms with E-state index in [1.807, 2.05) is 57.2 Å². The molecule has 0 amide bonds. The highest BCUT2D eigenvalue weighted by Gasteiger charge is 2.61. The van der Waals surface area contributed by atoms with Gasteiger partial charge in [0, 0.05) is 10.4 Å². The van der Waals surface area contributed by atoms with Crippen LogP contribution in [0.1, 0.15) is 32.4 Å². The minimum Gasteiger partial charge on any atom is -0.253 e. The summed E-state index contributed by atoms with van der Waals surface area (Å²) in [6.45, 7) is 5.59. The molecule has 0 spiro atoms. The topological polar surface area (TPSA) is 54.5 Å². The first-order valence-electron chi connectivity index (χ1n) is 7.78. The van der Waals surface area contributed by atoms with E-state index in [2.05, 4.69) is 0 Å². The second-order valence-electron chi connectivity index (χ2n) is 6.85. The van der Waals surface area contributed by atoms with Crippen LogP contribution < -0.4 is 0 Å². The molecule has 6 heteroatoms. The van der Waals surface area contributed by atoms with Crippen LogP contribution in [0.5, 0.6) is 0 Å². The van der Waals surface area contributed by atoms with Crippen molar-refractivity contribution < 1.29 is 12.6 Å². The Kier molecular flexibility index (Phi) is 4.40. The van der Waals surface area contributed by atoms with Gasteiger partial charge >= 0.3 is 0 Å². The molecular weight excluding hydrogens is 342 g/mol. The molecule has 128 valence electrons. The average molecular weight is 364 g/mol. The maximum atomic E-state index is 13.0. The molecule has 1 aliphatic heterocycles. The van der Waals surface area contributed by atoms with Gasteiger partial charge in [-0.25, -0.2) is 8.42 Å². The maximum Gasteiger partial charge on any atom is 0.232 e. The van der Waals surface area contributed by atoms with Crippen LogP contribution in [-0.4, -0.2) is 27.1 Å². The summed E-state index contributed by atoms with van der Waals surface area (Å²) in [5.41, 5.74) is 0.299. The van der Waals surface area contributed by atoms with Crippen molar-refractivity contribution in [3.63, 3.8) is 0 Å². The van der Waals surface area contributed by atoms with Crippen LogP contribution in [0.25, 0.3) is 0 Å². The van der Waals surface area contributed by atoms with Gasteiger partial charge < -0.3 is 0 Å². The lowest BCUT2D eigenvalue weighted by Gasteiger charge is -2.52. The minimum absolute atomic E-state index is 0.419. The Morgan fingerprint density at radius 3 is 1.92 bits per heavy atom. The van der Waals surface area contributed by atoms with Crippen LogP contribution in [0.4, 0.5) is 0 Å². The fourth-order valence-electron chi connectivity index (χ4n) is 3.14. The third kappa shape index (κ3) is 2.83. The Morgan fingerprint density at radius 2 is 1.42 bits per heavy atom. The van der Waals surface area contributed by atoms with E-state index in [1.165, 1.54) is 4.31 Å². The van der Waals surface area contributed by atoms with E-state index in [-0.39, 0.29) is 0 Å². The van der Waals surface area contributed by atoms with E-state index in [0.717, 1.165) is 5.56 Å². The predicted molar refractivity (Wildman–Crippen MR) is 96.3 cm³/mol. The molecule has 0 saturated carbocycles. The van der Waals surface area contributed by atoms with Crippen molar-refractivity contribution in [3.05, 3.63) is 66.2 Å². The number of hydrogen-bond acceptors (Lipinski definition) is 3. The van der Waals surface area contributed by atoms with Crippen molar-refractivity contribution >= 4 is 20.8 Å². The molecular formula is C18H21NO3S2. The Morgan fingerprint density at radius 1 is 0.917 bits per heavy atom. The van der Waals surface area contributed by atoms with Crippen LogP contribution in [-0.2, 0) is 20.8 Å². The lowest BCUT2D eigenvalue weighted by Crippen LogP contribution is -2.65. The van der Waals surface area contributed by atoms with Crippen LogP contribution >= 0.6 is 0 Å². The second kappa shape index (κ2) is 6.10. The van der Waals surface area contributed by atoms with Crippen molar-refractivity contribution in [1.29, 1.82) is 0 Å². The molecule has 24 heavy (non-hydrogen) atoms. The fourth-order valence-corrected chi connectivity index (χ4v) is 7.88. The molecule has 2 aromatic rings. The van der Waals surface area contributed by atoms with Crippen molar-refractivity contribution in [2.75, 3.05) is 0 Å². The van der Waals surface area contributed by atoms with Crippen molar-refractivity contribution in [2.45, 2.75) is 41.8 Å². The molecule has 0 aromatic heterocycles. The third-order valence-electron chi connectivity index (χ3n) is 4.07. The van der Waals surface area contributed by atoms with Crippen LogP contribution in [0.15, 0.2) is 65.6 Å². The zero-order valence-electron chi connectivity index (χ0n) is 13.9. The van der Waals surface area contributed by atoms with Crippen LogP contribution in [0.2, 0.25) is 0 Å². The average Bonchev–Trinajstić information content (AvgIpc) is 2.53. The van der Waals surface area contributed by atoms with E-state index < -0.39 is 37.0 Å². The first-order valence-corrected chi connectivity index (χ1v) is 10.5. The van der Waals surface area contributed by atoms with Gasteiger partial charge in [0.05, 0.1) is 16.8 Å². The summed E-state index contributed by atoms with van der Waals surface area (Å²) < 4.78 is 39.4. The van der Waals surface area contributed by atoms with Gasteiger partial charge in [0.25, 0.3) is 0 Å². The SMILES string of the molecule is CC(C)(C)N1[C@H](c2ccccc2)[C@@H]([S@@](=O)c2ccccc2)S1(=O)=O. The van der Waals surface area contributed by atoms with Gasteiger partial charge in [0.15, 0.2) is 4.58 Å². The van der Waals surface area contributed by atoms with E-state index in [0.29, 0.717) is 4.90 Å². The standard InChI is InChI=1S/C18H21NO3S2/c1-18(2,3)19-16(14-10-6-4-7-11-14)17(24(19,21)22)23(20)15-12-8-5-9-13-15/h4-13,16-17H,1-3H3/t16-,17+,23+/m1/s1. The number of rotatable bonds is 3. The van der Waals surface area contributed by atoms with Gasteiger partial charge in [-0.15, -0.1) is 0 Å². The summed E-state index contributed by atoms with van der Waals surface area (Å²) in [5.74, 6) is 0. The van der Waals surface area contributed by atoms with Gasteiger partial charge in [0.1, 0.15) is 0 Å². The summed E-state index contributed by atoms with van der Waals surface area (Å²) in [5, 5.41) is 0. The molecule has 0 radical (unpaired) electrons. The van der Waals surface area contributed by atoms with E-state index in [4.69, 9.17) is 0 Å². The largest absolute Gasteiger partial charge is 0.253 e. The van der Waals surface area contributed by atoms with Crippen LogP contribution in [0.3, 0.4) is 0 Å². The van der Waals surface area contributed by atoms with Crippen molar-refractivity contribution in [2.24, 2.45) is 0 Å². The monoisotopic (exact) mass is 363 g/mol. The summed E-state index contributed by atoms with van der Waals surface area (Å²) in [6, 6.07) is 17.8. The van der Waals surface area contributed by atoms with Gasteiger partial charge in [-0.3, -0.25) is 4.21 Å². The molecule has 1 aliphatic rings. The van der Waals surface area contributed by atoms with Gasteiger partial charge in [-0.05, 0) is 38.5 Å². The molecule has 2 aromatic carbocycles. The Hall–Kier alpha value is -1.50. The van der Waals surface area contributed by atoms with E-state index in [1.54, 1.807) is 24.3 Å². The Balaban J connectivity index is 2.08. The lowest BCUT2D eigenvalue weighted by atomic mass is 10.0. The van der Waals surface area contributed by atoms with Gasteiger partial charge in [-0.2, -0.15) is 4.31 Å². The molecule has 1 saturated heterocycles. The highest BCUT2D eigenvalue weighted by atomic mass is 32.3. The molecule has 3 rings (SSSR count). The predicted octanol–water partition coefficient (Wildman–Crippen LogP) is 3.31. The first-order chi connectivity index (χ1) is 11.2. The smallest absolute Gasteiger partial charge is 0.232 e. The molecule has 0 bridgehead atoms. The molecule has 0 N–H and O–H groups in total. The highest BCUT2D eigenvalue weighted by Crippen LogP contribution is 2.49. The molecule has 0 aliphatic carbocycles. The minimum atomic E-state index is -3.63. The molecule has 4 nitrogen and oxygen atoms in total. The lowest BCUT2D eigenvalue weighted by molar-refractivity contribution is 0.159. The first kappa shape index (κ1) is 17.3. The second-order valence-corrected chi connectivity index (χ2v) is 10.6. The fraction of sp³-hybridized carbons (Fsp3) is 0.333. The zero-order valence-corrected chi connectivity index (χ0v) is 15.5. The number of nitrogens with zero attached hydrogens (tertiary/aromatic N) is 1. The van der Waals surface area contributed by atoms with Crippen LogP contribution in [0, 0.1) is 0 Å². The van der Waals surface area contributed by atoms with E-state index >= 15 is 0 Å².